The highest BCUT2D eigenvalue weighted by atomic mass is 35.5. The van der Waals surface area contributed by atoms with E-state index in [0.717, 1.165) is 11.3 Å². The number of carbonyl (C=O) groups is 2. The van der Waals surface area contributed by atoms with Crippen LogP contribution in [0.15, 0.2) is 24.3 Å². The van der Waals surface area contributed by atoms with Crippen molar-refractivity contribution in [3.63, 3.8) is 0 Å². The highest BCUT2D eigenvalue weighted by molar-refractivity contribution is 7.20. The van der Waals surface area contributed by atoms with Crippen LogP contribution in [0, 0.1) is 0 Å². The monoisotopic (exact) mass is 324 g/mol. The number of benzene rings is 1. The van der Waals surface area contributed by atoms with Crippen molar-refractivity contribution in [3.05, 3.63) is 40.5 Å². The molecule has 110 valence electrons. The maximum absolute atomic E-state index is 12.2. The van der Waals surface area contributed by atoms with Gasteiger partial charge in [0, 0.05) is 6.54 Å². The van der Waals surface area contributed by atoms with Crippen LogP contribution in [0.25, 0.3) is 0 Å². The molecule has 0 radical (unpaired) electrons. The first-order valence-electron chi connectivity index (χ1n) is 6.13. The van der Waals surface area contributed by atoms with E-state index >= 15 is 0 Å². The summed E-state index contributed by atoms with van der Waals surface area (Å²) in [6.45, 7) is 2.54. The Morgan fingerprint density at radius 2 is 2.10 bits per heavy atom. The Labute approximate surface area is 130 Å². The van der Waals surface area contributed by atoms with Crippen LogP contribution < -0.4 is 16.4 Å². The predicted molar refractivity (Wildman–Crippen MR) is 84.2 cm³/mol. The molecule has 0 saturated heterocycles. The lowest BCUT2D eigenvalue weighted by molar-refractivity contribution is 0.0997. The van der Waals surface area contributed by atoms with Crippen molar-refractivity contribution in [3.8, 4) is 0 Å². The Morgan fingerprint density at radius 3 is 2.71 bits per heavy atom. The van der Waals surface area contributed by atoms with Crippen LogP contribution in [0.2, 0.25) is 5.02 Å². The van der Waals surface area contributed by atoms with Crippen LogP contribution in [0.5, 0.6) is 0 Å². The third-order valence-corrected chi connectivity index (χ3v) is 3.79. The van der Waals surface area contributed by atoms with Crippen LogP contribution in [0.3, 0.4) is 0 Å². The molecule has 8 heteroatoms. The molecule has 0 saturated carbocycles. The second-order valence-corrected chi connectivity index (χ2v) is 5.43. The van der Waals surface area contributed by atoms with Gasteiger partial charge in [0.05, 0.1) is 10.6 Å². The quantitative estimate of drug-likeness (QED) is 0.787. The number of hydrogen-bond acceptors (Lipinski definition) is 5. The molecule has 0 unspecified atom stereocenters. The van der Waals surface area contributed by atoms with Gasteiger partial charge in [0.2, 0.25) is 0 Å². The molecule has 1 aromatic carbocycles. The van der Waals surface area contributed by atoms with Gasteiger partial charge in [-0.2, -0.15) is 0 Å². The molecule has 0 aliphatic heterocycles. The smallest absolute Gasteiger partial charge is 0.270 e. The Hall–Kier alpha value is -2.12. The summed E-state index contributed by atoms with van der Waals surface area (Å²) in [7, 11) is 0. The molecule has 0 fully saturated rings. The maximum Gasteiger partial charge on any atom is 0.270 e. The second-order valence-electron chi connectivity index (χ2n) is 4.03. The highest BCUT2D eigenvalue weighted by Gasteiger charge is 2.19. The van der Waals surface area contributed by atoms with E-state index < -0.39 is 11.8 Å². The van der Waals surface area contributed by atoms with E-state index in [9.17, 15) is 9.59 Å². The van der Waals surface area contributed by atoms with Gasteiger partial charge in [-0.15, -0.1) is 0 Å². The fraction of sp³-hybridized carbons (Fsp3) is 0.154. The van der Waals surface area contributed by atoms with Crippen molar-refractivity contribution in [2.45, 2.75) is 6.92 Å². The first-order chi connectivity index (χ1) is 10.0. The average molecular weight is 325 g/mol. The zero-order valence-corrected chi connectivity index (χ0v) is 12.7. The third kappa shape index (κ3) is 3.50. The van der Waals surface area contributed by atoms with Crippen LogP contribution in [0.4, 0.5) is 10.1 Å². The molecule has 1 aromatic heterocycles. The summed E-state index contributed by atoms with van der Waals surface area (Å²) in [6.07, 6.45) is 0. The Balaban J connectivity index is 2.28. The molecule has 1 heterocycles. The van der Waals surface area contributed by atoms with Crippen molar-refractivity contribution in [2.75, 3.05) is 17.2 Å². The predicted octanol–water partition coefficient (Wildman–Crippen LogP) is 2.58. The van der Waals surface area contributed by atoms with Gasteiger partial charge in [-0.3, -0.25) is 9.59 Å². The Bertz CT molecular complexity index is 687. The fourth-order valence-corrected chi connectivity index (χ4v) is 2.77. The fourth-order valence-electron chi connectivity index (χ4n) is 1.61. The number of nitrogens with two attached hydrogens (primary N) is 1. The molecule has 2 rings (SSSR count). The van der Waals surface area contributed by atoms with Crippen LogP contribution >= 0.6 is 22.9 Å². The first kappa shape index (κ1) is 15.3. The van der Waals surface area contributed by atoms with Crippen LogP contribution in [0.1, 0.15) is 27.8 Å². The van der Waals surface area contributed by atoms with Gasteiger partial charge in [-0.1, -0.05) is 35.1 Å². The standard InChI is InChI=1S/C13H13ClN4O2S/c1-2-16-13-17-9(10(15)19)12(21-13)18-11(20)7-5-3-4-6-8(7)14/h3-6H,2H2,1H3,(H2,15,19)(H,16,17)(H,18,20). The van der Waals surface area contributed by atoms with Crippen molar-refractivity contribution in [2.24, 2.45) is 5.73 Å². The number of carbonyl (C=O) groups excluding carboxylic acids is 2. The summed E-state index contributed by atoms with van der Waals surface area (Å²) in [5.41, 5.74) is 5.61. The minimum Gasteiger partial charge on any atom is -0.364 e. The second kappa shape index (κ2) is 6.55. The molecule has 21 heavy (non-hydrogen) atoms. The molecule has 6 nitrogen and oxygen atoms in total. The minimum absolute atomic E-state index is 0.0244. The lowest BCUT2D eigenvalue weighted by Crippen LogP contribution is -2.17. The Kier molecular flexibility index (Phi) is 4.77. The topological polar surface area (TPSA) is 97.1 Å². The number of primary amides is 1. The number of thiazole rings is 1. The number of hydrogen-bond donors (Lipinski definition) is 3. The van der Waals surface area contributed by atoms with Gasteiger partial charge >= 0.3 is 0 Å². The number of amides is 2. The van der Waals surface area contributed by atoms with Crippen molar-refractivity contribution < 1.29 is 9.59 Å². The third-order valence-electron chi connectivity index (χ3n) is 2.53. The zero-order valence-electron chi connectivity index (χ0n) is 11.1. The van der Waals surface area contributed by atoms with Gasteiger partial charge in [-0.05, 0) is 19.1 Å². The number of aromatic nitrogens is 1. The molecule has 0 aliphatic carbocycles. The van der Waals surface area contributed by atoms with E-state index in [-0.39, 0.29) is 5.69 Å². The molecule has 0 bridgehead atoms. The van der Waals surface area contributed by atoms with Gasteiger partial charge in [0.15, 0.2) is 10.8 Å². The van der Waals surface area contributed by atoms with E-state index in [1.54, 1.807) is 24.3 Å². The summed E-state index contributed by atoms with van der Waals surface area (Å²) in [6, 6.07) is 6.63. The average Bonchev–Trinajstić information content (AvgIpc) is 2.82. The molecule has 0 atom stereocenters. The summed E-state index contributed by atoms with van der Waals surface area (Å²) >= 11 is 7.11. The van der Waals surface area contributed by atoms with Crippen LogP contribution in [-0.2, 0) is 0 Å². The summed E-state index contributed by atoms with van der Waals surface area (Å²) < 4.78 is 0. The summed E-state index contributed by atoms with van der Waals surface area (Å²) in [5.74, 6) is -1.13. The molecule has 0 spiro atoms. The van der Waals surface area contributed by atoms with E-state index in [2.05, 4.69) is 15.6 Å². The number of nitrogens with zero attached hydrogens (tertiary/aromatic N) is 1. The minimum atomic E-state index is -0.704. The van der Waals surface area contributed by atoms with E-state index in [1.165, 1.54) is 0 Å². The van der Waals surface area contributed by atoms with Gasteiger partial charge in [0.25, 0.3) is 11.8 Å². The van der Waals surface area contributed by atoms with Crippen molar-refractivity contribution in [1.82, 2.24) is 4.98 Å². The van der Waals surface area contributed by atoms with Gasteiger partial charge in [-0.25, -0.2) is 4.98 Å². The number of halogens is 1. The molecular formula is C13H13ClN4O2S. The molecular weight excluding hydrogens is 312 g/mol. The maximum atomic E-state index is 12.2. The normalized spacial score (nSPS) is 10.2. The largest absolute Gasteiger partial charge is 0.364 e. The van der Waals surface area contributed by atoms with Gasteiger partial charge in [0.1, 0.15) is 5.00 Å². The van der Waals surface area contributed by atoms with Crippen molar-refractivity contribution in [1.29, 1.82) is 0 Å². The molecule has 2 aromatic rings. The lowest BCUT2D eigenvalue weighted by atomic mass is 10.2. The first-order valence-corrected chi connectivity index (χ1v) is 7.32. The number of anilines is 2. The van der Waals surface area contributed by atoms with Crippen molar-refractivity contribution >= 4 is 44.9 Å². The van der Waals surface area contributed by atoms with Crippen LogP contribution in [-0.4, -0.2) is 23.3 Å². The van der Waals surface area contributed by atoms with Gasteiger partial charge < -0.3 is 16.4 Å². The lowest BCUT2D eigenvalue weighted by Gasteiger charge is -2.05. The zero-order chi connectivity index (χ0) is 15.4. The van der Waals surface area contributed by atoms with E-state index in [1.807, 2.05) is 6.92 Å². The molecule has 4 N–H and O–H groups in total. The SMILES string of the molecule is CCNc1nc(C(N)=O)c(NC(=O)c2ccccc2Cl)s1. The molecule has 2 amide bonds. The summed E-state index contributed by atoms with van der Waals surface area (Å²) in [5, 5.41) is 6.72. The van der Waals surface area contributed by atoms with E-state index in [0.29, 0.717) is 27.3 Å². The summed E-state index contributed by atoms with van der Waals surface area (Å²) in [4.78, 5) is 27.6. The van der Waals surface area contributed by atoms with E-state index in [4.69, 9.17) is 17.3 Å². The molecule has 0 aliphatic rings. The number of nitrogens with one attached hydrogen (secondary N) is 2. The number of rotatable bonds is 5. The highest BCUT2D eigenvalue weighted by Crippen LogP contribution is 2.29. The Morgan fingerprint density at radius 1 is 1.38 bits per heavy atom.